The van der Waals surface area contributed by atoms with Crippen molar-refractivity contribution in [1.82, 2.24) is 34.5 Å². The average Bonchev–Trinajstić information content (AvgIpc) is 4.09. The van der Waals surface area contributed by atoms with Gasteiger partial charge < -0.3 is 29.7 Å². The number of pyridine rings is 1. The Hall–Kier alpha value is -5.69. The molecule has 3 saturated heterocycles. The molecule has 348 valence electrons. The number of aryl methyl sites for hydroxylation is 2. The molecular weight excluding hydrogens is 882 g/mol. The topological polar surface area (TPSA) is 155 Å². The molecule has 2 aliphatic carbocycles. The van der Waals surface area contributed by atoms with Crippen LogP contribution in [0.15, 0.2) is 35.3 Å². The molecule has 20 heteroatoms. The first-order valence-electron chi connectivity index (χ1n) is 22.8. The molecule has 7 heterocycles. The number of hydrogen-bond acceptors (Lipinski definition) is 12. The number of imide groups is 1. The number of benzene rings is 2. The van der Waals surface area contributed by atoms with E-state index in [0.717, 1.165) is 63.9 Å². The smallest absolute Gasteiger partial charge is 0.301 e. The van der Waals surface area contributed by atoms with E-state index in [1.807, 2.05) is 6.07 Å². The third-order valence-electron chi connectivity index (χ3n) is 14.9. The lowest BCUT2D eigenvalue weighted by atomic mass is 9.66. The van der Waals surface area contributed by atoms with Crippen LogP contribution >= 0.6 is 11.6 Å². The predicted octanol–water partition coefficient (Wildman–Crippen LogP) is 6.45. The molecule has 5 aromatic rings. The number of hydrogen-bond donors (Lipinski definition) is 3. The molecule has 1 spiro atoms. The quantitative estimate of drug-likeness (QED) is 0.116. The molecule has 3 N–H and O–H groups in total. The Morgan fingerprint density at radius 1 is 0.909 bits per heavy atom. The van der Waals surface area contributed by atoms with Gasteiger partial charge in [0.2, 0.25) is 23.5 Å². The number of nitrogens with zero attached hydrogens (tertiary/aromatic N) is 8. The van der Waals surface area contributed by atoms with Crippen LogP contribution in [-0.4, -0.2) is 105 Å². The molecule has 4 aliphatic heterocycles. The lowest BCUT2D eigenvalue weighted by molar-refractivity contribution is -0.134. The maximum absolute atomic E-state index is 15.8. The number of rotatable bonds is 8. The Kier molecular flexibility index (Phi) is 10.4. The van der Waals surface area contributed by atoms with Crippen molar-refractivity contribution >= 4 is 74.0 Å². The van der Waals surface area contributed by atoms with E-state index in [1.54, 1.807) is 11.7 Å². The van der Waals surface area contributed by atoms with Gasteiger partial charge >= 0.3 is 5.92 Å². The van der Waals surface area contributed by atoms with Gasteiger partial charge in [-0.15, -0.1) is 0 Å². The minimum absolute atomic E-state index is 0.00375. The lowest BCUT2D eigenvalue weighted by Crippen LogP contribution is -2.58. The summed E-state index contributed by atoms with van der Waals surface area (Å²) in [6, 6.07) is 4.74. The second-order valence-corrected chi connectivity index (χ2v) is 19.7. The Morgan fingerprint density at radius 3 is 2.39 bits per heavy atom. The van der Waals surface area contributed by atoms with Crippen LogP contribution in [0.25, 0.3) is 21.8 Å². The highest BCUT2D eigenvalue weighted by atomic mass is 35.5. The van der Waals surface area contributed by atoms with Gasteiger partial charge in [-0.1, -0.05) is 11.6 Å². The summed E-state index contributed by atoms with van der Waals surface area (Å²) in [5, 5.41) is 14.0. The molecule has 0 radical (unpaired) electrons. The number of piperazine rings is 1. The summed E-state index contributed by atoms with van der Waals surface area (Å²) >= 11 is 6.57. The van der Waals surface area contributed by atoms with E-state index in [9.17, 15) is 14.4 Å². The first kappa shape index (κ1) is 42.9. The highest BCUT2D eigenvalue weighted by Gasteiger charge is 2.51. The molecule has 0 bridgehead atoms. The van der Waals surface area contributed by atoms with Crippen molar-refractivity contribution in [3.8, 4) is 5.75 Å². The van der Waals surface area contributed by atoms with Crippen LogP contribution in [0.3, 0.4) is 0 Å². The van der Waals surface area contributed by atoms with Crippen molar-refractivity contribution in [1.29, 1.82) is 0 Å². The molecular formula is C46H50ClF4N11O4. The van der Waals surface area contributed by atoms with Crippen LogP contribution in [0.1, 0.15) is 63.0 Å². The lowest BCUT2D eigenvalue weighted by Gasteiger charge is -2.54. The minimum atomic E-state index is -3.21. The number of aromatic nitrogens is 5. The van der Waals surface area contributed by atoms with Gasteiger partial charge in [-0.3, -0.25) is 29.3 Å². The molecule has 11 rings (SSSR count). The summed E-state index contributed by atoms with van der Waals surface area (Å²) in [6.07, 6.45) is 7.67. The average molecular weight is 932 g/mol. The van der Waals surface area contributed by atoms with Crippen molar-refractivity contribution in [2.24, 2.45) is 31.3 Å². The zero-order valence-electron chi connectivity index (χ0n) is 36.6. The first-order chi connectivity index (χ1) is 31.6. The van der Waals surface area contributed by atoms with Crippen LogP contribution in [-0.2, 0) is 23.7 Å². The highest BCUT2D eigenvalue weighted by molar-refractivity contribution is 6.33. The van der Waals surface area contributed by atoms with Gasteiger partial charge in [0.05, 0.1) is 51.9 Å². The first-order valence-corrected chi connectivity index (χ1v) is 23.2. The number of alkyl halides is 2. The van der Waals surface area contributed by atoms with Crippen molar-refractivity contribution in [3.63, 3.8) is 0 Å². The molecule has 2 unspecified atom stereocenters. The highest BCUT2D eigenvalue weighted by Crippen LogP contribution is 2.48. The summed E-state index contributed by atoms with van der Waals surface area (Å²) < 4.78 is 70.2. The van der Waals surface area contributed by atoms with Crippen LogP contribution in [0.4, 0.5) is 46.4 Å². The number of carbonyl (C=O) groups is 2. The molecule has 5 fully saturated rings. The minimum Gasteiger partial charge on any atom is -0.480 e. The van der Waals surface area contributed by atoms with Crippen molar-refractivity contribution < 1.29 is 31.9 Å². The summed E-state index contributed by atoms with van der Waals surface area (Å²) in [5.74, 6) is -4.83. The number of anilines is 5. The van der Waals surface area contributed by atoms with Gasteiger partial charge in [0.1, 0.15) is 16.7 Å². The predicted molar refractivity (Wildman–Crippen MR) is 241 cm³/mol. The van der Waals surface area contributed by atoms with Crippen LogP contribution < -0.4 is 36.0 Å². The van der Waals surface area contributed by atoms with E-state index in [0.29, 0.717) is 66.4 Å². The van der Waals surface area contributed by atoms with Crippen LogP contribution in [0.5, 0.6) is 5.75 Å². The van der Waals surface area contributed by atoms with Crippen LogP contribution in [0.2, 0.25) is 5.02 Å². The molecule has 2 atom stereocenters. The maximum Gasteiger partial charge on any atom is 0.301 e. The zero-order valence-corrected chi connectivity index (χ0v) is 37.4. The maximum atomic E-state index is 15.8. The fourth-order valence-electron chi connectivity index (χ4n) is 11.0. The number of amides is 2. The van der Waals surface area contributed by atoms with E-state index in [1.165, 1.54) is 36.0 Å². The van der Waals surface area contributed by atoms with Crippen LogP contribution in [0, 0.1) is 28.9 Å². The molecule has 6 aliphatic rings. The van der Waals surface area contributed by atoms with Crippen molar-refractivity contribution in [3.05, 3.63) is 63.2 Å². The van der Waals surface area contributed by atoms with E-state index in [2.05, 4.69) is 40.7 Å². The van der Waals surface area contributed by atoms with E-state index < -0.39 is 41.8 Å². The van der Waals surface area contributed by atoms with Crippen molar-refractivity contribution in [2.45, 2.75) is 69.2 Å². The molecule has 15 nitrogen and oxygen atoms in total. The van der Waals surface area contributed by atoms with Gasteiger partial charge in [0, 0.05) is 88.6 Å². The van der Waals surface area contributed by atoms with Crippen molar-refractivity contribution in [2.75, 3.05) is 72.9 Å². The Bertz CT molecular complexity index is 2870. The van der Waals surface area contributed by atoms with Gasteiger partial charge in [0.25, 0.3) is 5.56 Å². The zero-order chi connectivity index (χ0) is 45.8. The number of ether oxygens (including phenoxy) is 1. The second kappa shape index (κ2) is 16.0. The standard InChI is InChI=1S/C46H50ClF4N11O4/c1-58-33-17-30(48)32(16-28(33)38-39(43(58)65)66-23-46(50,51)40(55-38)25-3-4-25)53-41-29(47)19-52-44(56-41)62-21-45(22-62)9-7-24(8-10-45)20-60-11-13-61(14-12-60)35-18-34-27(15-31(35)49)37(57-59(34)2)26-5-6-36(63)54-42(26)64/h15-19,24-26,40,55H,3-14,20-23H2,1-2H3,(H,52,53,56)(H,54,63,64). The molecule has 66 heavy (non-hydrogen) atoms. The molecule has 2 saturated carbocycles. The Labute approximate surface area is 381 Å². The fourth-order valence-corrected chi connectivity index (χ4v) is 11.2. The Balaban J connectivity index is 0.707. The van der Waals surface area contributed by atoms with Gasteiger partial charge in [-0.25, -0.2) is 22.5 Å². The Morgan fingerprint density at radius 2 is 1.67 bits per heavy atom. The van der Waals surface area contributed by atoms with E-state index in [4.69, 9.17) is 21.3 Å². The van der Waals surface area contributed by atoms with E-state index in [-0.39, 0.29) is 63.0 Å². The van der Waals surface area contributed by atoms with Gasteiger partial charge in [0.15, 0.2) is 12.4 Å². The summed E-state index contributed by atoms with van der Waals surface area (Å²) in [7, 11) is 3.24. The molecule has 3 aromatic heterocycles. The number of piperidine rings is 1. The number of nitrogens with one attached hydrogen (secondary N) is 3. The molecule has 2 aromatic carbocycles. The third-order valence-corrected chi connectivity index (χ3v) is 15.2. The van der Waals surface area contributed by atoms with Gasteiger partial charge in [-0.2, -0.15) is 10.1 Å². The SMILES string of the molecule is Cn1nc(C2CCC(=O)NC2=O)c2cc(F)c(N3CCN(CC4CCC5(CC4)CN(c4ncc(Cl)c(Nc6cc7c8c(c(=O)n(C)c7cc6F)OCC(F)(F)C(C6CC6)N8)n4)C5)CC3)cc21. The fraction of sp³-hybridized carbons (Fsp3) is 0.522. The number of fused-ring (bicyclic) bond motifs is 4. The summed E-state index contributed by atoms with van der Waals surface area (Å²) in [5.41, 5.74) is 1.60. The largest absolute Gasteiger partial charge is 0.480 e. The normalized spacial score (nSPS) is 23.3. The second-order valence-electron chi connectivity index (χ2n) is 19.3. The molecule has 2 amide bonds. The third kappa shape index (κ3) is 7.55. The summed E-state index contributed by atoms with van der Waals surface area (Å²) in [6.45, 7) is 4.63. The number of carbonyl (C=O) groups excluding carboxylic acids is 2. The summed E-state index contributed by atoms with van der Waals surface area (Å²) in [4.78, 5) is 53.4. The number of halogens is 5. The monoisotopic (exact) mass is 931 g/mol. The van der Waals surface area contributed by atoms with Gasteiger partial charge in [-0.05, 0) is 75.0 Å². The van der Waals surface area contributed by atoms with E-state index >= 15 is 17.6 Å².